The molecule has 2 atom stereocenters. The maximum absolute atomic E-state index is 8.66. The van der Waals surface area contributed by atoms with Gasteiger partial charge in [0.1, 0.15) is 6.61 Å². The number of hydrogen-bond donors (Lipinski definition) is 1. The molecule has 0 amide bonds. The molecule has 1 aromatic carbocycles. The first-order valence-electron chi connectivity index (χ1n) is 6.74. The Morgan fingerprint density at radius 3 is 2.42 bits per heavy atom. The van der Waals surface area contributed by atoms with Gasteiger partial charge in [-0.25, -0.2) is 0 Å². The highest BCUT2D eigenvalue weighted by atomic mass is 16.5. The average molecular weight is 259 g/mol. The van der Waals surface area contributed by atoms with Crippen molar-refractivity contribution in [3.8, 4) is 11.8 Å². The summed E-state index contributed by atoms with van der Waals surface area (Å²) < 4.78 is 5.73. The van der Waals surface area contributed by atoms with Crippen LogP contribution in [0.4, 0.5) is 0 Å². The maximum Gasteiger partial charge on any atom is 0.104 e. The molecule has 1 aromatic rings. The van der Waals surface area contributed by atoms with Crippen LogP contribution in [0.5, 0.6) is 0 Å². The third-order valence-electron chi connectivity index (χ3n) is 3.17. The van der Waals surface area contributed by atoms with Crippen LogP contribution < -0.4 is 0 Å². The second kappa shape index (κ2) is 6.72. The van der Waals surface area contributed by atoms with E-state index in [1.807, 2.05) is 12.1 Å². The van der Waals surface area contributed by atoms with E-state index in [0.29, 0.717) is 12.2 Å². The first-order chi connectivity index (χ1) is 9.17. The topological polar surface area (TPSA) is 32.7 Å². The number of ether oxygens (including phenoxy) is 1. The molecule has 1 heterocycles. The number of morpholine rings is 1. The lowest BCUT2D eigenvalue weighted by Crippen LogP contribution is -2.44. The van der Waals surface area contributed by atoms with Crippen molar-refractivity contribution in [3.63, 3.8) is 0 Å². The standard InChI is InChI=1S/C16H21NO2/c1-13-10-17(11-14(2)19-13)12-16-7-5-15(6-8-16)4-3-9-18/h5-8,13-14,18H,9-12H2,1-2H3/t13-,14+. The molecule has 0 saturated carbocycles. The molecule has 0 spiro atoms. The number of aliphatic hydroxyl groups is 1. The normalized spacial score (nSPS) is 23.7. The van der Waals surface area contributed by atoms with Crippen LogP contribution in [-0.2, 0) is 11.3 Å². The summed E-state index contributed by atoms with van der Waals surface area (Å²) >= 11 is 0. The largest absolute Gasteiger partial charge is 0.384 e. The van der Waals surface area contributed by atoms with Gasteiger partial charge in [0.15, 0.2) is 0 Å². The molecule has 0 bridgehead atoms. The molecule has 0 unspecified atom stereocenters. The molecule has 1 aliphatic rings. The van der Waals surface area contributed by atoms with Crippen LogP contribution in [0.25, 0.3) is 0 Å². The summed E-state index contributed by atoms with van der Waals surface area (Å²) in [7, 11) is 0. The van der Waals surface area contributed by atoms with E-state index < -0.39 is 0 Å². The van der Waals surface area contributed by atoms with E-state index in [9.17, 15) is 0 Å². The van der Waals surface area contributed by atoms with E-state index in [0.717, 1.165) is 25.2 Å². The molecule has 102 valence electrons. The number of aliphatic hydroxyl groups excluding tert-OH is 1. The van der Waals surface area contributed by atoms with Crippen LogP contribution >= 0.6 is 0 Å². The van der Waals surface area contributed by atoms with Crippen molar-refractivity contribution in [3.05, 3.63) is 35.4 Å². The Bertz CT molecular complexity index is 448. The van der Waals surface area contributed by atoms with Gasteiger partial charge < -0.3 is 9.84 Å². The van der Waals surface area contributed by atoms with E-state index in [1.54, 1.807) is 0 Å². The van der Waals surface area contributed by atoms with E-state index in [1.165, 1.54) is 5.56 Å². The Morgan fingerprint density at radius 1 is 1.21 bits per heavy atom. The van der Waals surface area contributed by atoms with Crippen molar-refractivity contribution < 1.29 is 9.84 Å². The highest BCUT2D eigenvalue weighted by Crippen LogP contribution is 2.14. The van der Waals surface area contributed by atoms with E-state index in [4.69, 9.17) is 9.84 Å². The lowest BCUT2D eigenvalue weighted by Gasteiger charge is -2.35. The third-order valence-corrected chi connectivity index (χ3v) is 3.17. The Labute approximate surface area is 115 Å². The van der Waals surface area contributed by atoms with E-state index >= 15 is 0 Å². The van der Waals surface area contributed by atoms with Crippen LogP contribution in [0.1, 0.15) is 25.0 Å². The Kier molecular flexibility index (Phi) is 4.98. The van der Waals surface area contributed by atoms with Gasteiger partial charge in [-0.3, -0.25) is 4.90 Å². The molecule has 1 aliphatic heterocycles. The summed E-state index contributed by atoms with van der Waals surface area (Å²) in [6, 6.07) is 8.22. The molecule has 1 saturated heterocycles. The van der Waals surface area contributed by atoms with E-state index in [-0.39, 0.29) is 6.61 Å². The van der Waals surface area contributed by atoms with Crippen LogP contribution in [0.15, 0.2) is 24.3 Å². The molecule has 1 N–H and O–H groups in total. The van der Waals surface area contributed by atoms with E-state index in [2.05, 4.69) is 42.7 Å². The van der Waals surface area contributed by atoms with Gasteiger partial charge in [-0.15, -0.1) is 0 Å². The smallest absolute Gasteiger partial charge is 0.104 e. The highest BCUT2D eigenvalue weighted by Gasteiger charge is 2.21. The van der Waals surface area contributed by atoms with Gasteiger partial charge in [-0.05, 0) is 31.5 Å². The first kappa shape index (κ1) is 14.1. The average Bonchev–Trinajstić information content (AvgIpc) is 2.37. The monoisotopic (exact) mass is 259 g/mol. The zero-order valence-corrected chi connectivity index (χ0v) is 11.6. The molecular weight excluding hydrogens is 238 g/mol. The molecule has 0 radical (unpaired) electrons. The summed E-state index contributed by atoms with van der Waals surface area (Å²) in [5.74, 6) is 5.56. The first-order valence-corrected chi connectivity index (χ1v) is 6.74. The van der Waals surface area contributed by atoms with Gasteiger partial charge in [-0.2, -0.15) is 0 Å². The second-order valence-corrected chi connectivity index (χ2v) is 5.11. The number of benzene rings is 1. The number of hydrogen-bond acceptors (Lipinski definition) is 3. The van der Waals surface area contributed by atoms with Gasteiger partial charge in [0, 0.05) is 25.2 Å². The van der Waals surface area contributed by atoms with Gasteiger partial charge in [0.25, 0.3) is 0 Å². The molecule has 0 aliphatic carbocycles. The number of rotatable bonds is 2. The van der Waals surface area contributed by atoms with Gasteiger partial charge >= 0.3 is 0 Å². The summed E-state index contributed by atoms with van der Waals surface area (Å²) in [4.78, 5) is 2.42. The Balaban J connectivity index is 1.95. The maximum atomic E-state index is 8.66. The zero-order chi connectivity index (χ0) is 13.7. The predicted molar refractivity (Wildman–Crippen MR) is 75.7 cm³/mol. The van der Waals surface area contributed by atoms with Gasteiger partial charge in [0.2, 0.25) is 0 Å². The quantitative estimate of drug-likeness (QED) is 0.820. The van der Waals surface area contributed by atoms with Crippen LogP contribution in [0.2, 0.25) is 0 Å². The summed E-state index contributed by atoms with van der Waals surface area (Å²) in [5.41, 5.74) is 2.23. The summed E-state index contributed by atoms with van der Waals surface area (Å²) in [5, 5.41) is 8.66. The summed E-state index contributed by atoms with van der Waals surface area (Å²) in [6.07, 6.45) is 0.608. The fraction of sp³-hybridized carbons (Fsp3) is 0.500. The van der Waals surface area contributed by atoms with Crippen LogP contribution in [0.3, 0.4) is 0 Å². The SMILES string of the molecule is C[C@@H]1CN(Cc2ccc(C#CCO)cc2)C[C@H](C)O1. The molecular formula is C16H21NO2. The molecule has 1 fully saturated rings. The molecule has 3 nitrogen and oxygen atoms in total. The zero-order valence-electron chi connectivity index (χ0n) is 11.6. The lowest BCUT2D eigenvalue weighted by atomic mass is 10.1. The Hall–Kier alpha value is -1.34. The predicted octanol–water partition coefficient (Wildman–Crippen LogP) is 1.64. The minimum absolute atomic E-state index is 0.0920. The third kappa shape index (κ3) is 4.36. The van der Waals surface area contributed by atoms with Crippen LogP contribution in [0, 0.1) is 11.8 Å². The minimum Gasteiger partial charge on any atom is -0.384 e. The highest BCUT2D eigenvalue weighted by molar-refractivity contribution is 5.36. The van der Waals surface area contributed by atoms with Crippen molar-refractivity contribution in [2.24, 2.45) is 0 Å². The molecule has 2 rings (SSSR count). The minimum atomic E-state index is -0.0920. The van der Waals surface area contributed by atoms with Gasteiger partial charge in [0.05, 0.1) is 12.2 Å². The van der Waals surface area contributed by atoms with Gasteiger partial charge in [-0.1, -0.05) is 24.0 Å². The Morgan fingerprint density at radius 2 is 1.84 bits per heavy atom. The fourth-order valence-corrected chi connectivity index (χ4v) is 2.51. The molecule has 3 heteroatoms. The number of nitrogens with zero attached hydrogens (tertiary/aromatic N) is 1. The molecule has 0 aromatic heterocycles. The van der Waals surface area contributed by atoms with Crippen LogP contribution in [-0.4, -0.2) is 41.9 Å². The fourth-order valence-electron chi connectivity index (χ4n) is 2.51. The van der Waals surface area contributed by atoms with Crippen molar-refractivity contribution in [2.75, 3.05) is 19.7 Å². The van der Waals surface area contributed by atoms with Crippen molar-refractivity contribution >= 4 is 0 Å². The van der Waals surface area contributed by atoms with Crippen molar-refractivity contribution in [2.45, 2.75) is 32.6 Å². The molecule has 19 heavy (non-hydrogen) atoms. The lowest BCUT2D eigenvalue weighted by molar-refractivity contribution is -0.0704. The van der Waals surface area contributed by atoms with Crippen molar-refractivity contribution in [1.82, 2.24) is 4.90 Å². The second-order valence-electron chi connectivity index (χ2n) is 5.11. The van der Waals surface area contributed by atoms with Crippen molar-refractivity contribution in [1.29, 1.82) is 0 Å². The summed E-state index contributed by atoms with van der Waals surface area (Å²) in [6.45, 7) is 7.07.